The highest BCUT2D eigenvalue weighted by Gasteiger charge is 2.28. The summed E-state index contributed by atoms with van der Waals surface area (Å²) >= 11 is 2.10. The molecule has 0 saturated heterocycles. The minimum atomic E-state index is 0.494. The Morgan fingerprint density at radius 2 is 1.81 bits per heavy atom. The monoisotopic (exact) mass is 297 g/mol. The molecule has 0 radical (unpaired) electrons. The number of rotatable bonds is 5. The van der Waals surface area contributed by atoms with E-state index in [4.69, 9.17) is 0 Å². The number of thioether (sulfide) groups is 1. The highest BCUT2D eigenvalue weighted by Crippen LogP contribution is 2.38. The summed E-state index contributed by atoms with van der Waals surface area (Å²) in [5.74, 6) is 1.11. The predicted octanol–water partition coefficient (Wildman–Crippen LogP) is 4.59. The van der Waals surface area contributed by atoms with E-state index in [0.29, 0.717) is 11.3 Å². The van der Waals surface area contributed by atoms with Crippen molar-refractivity contribution < 1.29 is 0 Å². The lowest BCUT2D eigenvalue weighted by molar-refractivity contribution is 0.484. The first-order valence-corrected chi connectivity index (χ1v) is 8.90. The topological polar surface area (TPSA) is 12.0 Å². The van der Waals surface area contributed by atoms with E-state index >= 15 is 0 Å². The van der Waals surface area contributed by atoms with E-state index in [9.17, 15) is 0 Å². The molecule has 110 valence electrons. The lowest BCUT2D eigenvalue weighted by Crippen LogP contribution is -2.34. The second-order valence-electron chi connectivity index (χ2n) is 5.61. The van der Waals surface area contributed by atoms with Crippen LogP contribution in [0.5, 0.6) is 0 Å². The smallest absolute Gasteiger partial charge is 0.0443 e. The summed E-state index contributed by atoms with van der Waals surface area (Å²) in [5, 5.41) is 4.37. The summed E-state index contributed by atoms with van der Waals surface area (Å²) in [7, 11) is 0. The lowest BCUT2D eigenvalue weighted by Gasteiger charge is -2.34. The first-order valence-electron chi connectivity index (χ1n) is 7.85. The molecule has 1 aliphatic carbocycles. The Labute approximate surface area is 132 Å². The molecule has 1 nitrogen and oxygen atoms in total. The Morgan fingerprint density at radius 3 is 2.62 bits per heavy atom. The number of benzene rings is 2. The van der Waals surface area contributed by atoms with Crippen LogP contribution in [0.3, 0.4) is 0 Å². The van der Waals surface area contributed by atoms with Gasteiger partial charge in [-0.2, -0.15) is 11.8 Å². The Morgan fingerprint density at radius 1 is 1.05 bits per heavy atom. The zero-order valence-electron chi connectivity index (χ0n) is 12.6. The van der Waals surface area contributed by atoms with Crippen molar-refractivity contribution in [3.05, 3.63) is 71.3 Å². The number of hydrogen-bond donors (Lipinski definition) is 1. The van der Waals surface area contributed by atoms with E-state index in [2.05, 4.69) is 78.6 Å². The van der Waals surface area contributed by atoms with Crippen LogP contribution in [0.15, 0.2) is 54.6 Å². The van der Waals surface area contributed by atoms with Gasteiger partial charge in [0.15, 0.2) is 0 Å². The average molecular weight is 297 g/mol. The summed E-state index contributed by atoms with van der Waals surface area (Å²) < 4.78 is 0. The van der Waals surface area contributed by atoms with Crippen LogP contribution in [0, 0.1) is 0 Å². The van der Waals surface area contributed by atoms with Gasteiger partial charge in [-0.25, -0.2) is 0 Å². The van der Waals surface area contributed by atoms with E-state index in [1.54, 1.807) is 0 Å². The molecular weight excluding hydrogens is 274 g/mol. The molecule has 1 aliphatic rings. The SMILES string of the molecule is CCNC1c2ccccc2CCC1SCc1ccccc1. The molecule has 0 amide bonds. The van der Waals surface area contributed by atoms with Crippen LogP contribution in [0.25, 0.3) is 0 Å². The first kappa shape index (κ1) is 14.7. The Bertz CT molecular complexity index is 567. The molecule has 0 spiro atoms. The van der Waals surface area contributed by atoms with Gasteiger partial charge in [-0.05, 0) is 36.1 Å². The molecule has 0 saturated carbocycles. The van der Waals surface area contributed by atoms with Gasteiger partial charge in [-0.1, -0.05) is 61.5 Å². The van der Waals surface area contributed by atoms with Gasteiger partial charge in [-0.3, -0.25) is 0 Å². The van der Waals surface area contributed by atoms with Gasteiger partial charge < -0.3 is 5.32 Å². The quantitative estimate of drug-likeness (QED) is 0.866. The van der Waals surface area contributed by atoms with Crippen LogP contribution in [0.4, 0.5) is 0 Å². The van der Waals surface area contributed by atoms with E-state index in [0.717, 1.165) is 12.3 Å². The summed E-state index contributed by atoms with van der Waals surface area (Å²) in [6.07, 6.45) is 2.48. The van der Waals surface area contributed by atoms with Crippen molar-refractivity contribution in [2.24, 2.45) is 0 Å². The lowest BCUT2D eigenvalue weighted by atomic mass is 9.87. The van der Waals surface area contributed by atoms with Gasteiger partial charge in [0, 0.05) is 17.0 Å². The fraction of sp³-hybridized carbons (Fsp3) is 0.368. The Hall–Kier alpha value is -1.25. The van der Waals surface area contributed by atoms with Crippen molar-refractivity contribution >= 4 is 11.8 Å². The second kappa shape index (κ2) is 7.15. The Balaban J connectivity index is 1.73. The van der Waals surface area contributed by atoms with Crippen molar-refractivity contribution in [3.63, 3.8) is 0 Å². The fourth-order valence-electron chi connectivity index (χ4n) is 3.15. The zero-order chi connectivity index (χ0) is 14.5. The predicted molar refractivity (Wildman–Crippen MR) is 92.7 cm³/mol. The molecule has 2 heteroatoms. The average Bonchev–Trinajstić information content (AvgIpc) is 2.55. The number of aryl methyl sites for hydroxylation is 1. The molecule has 0 aliphatic heterocycles. The first-order chi connectivity index (χ1) is 10.4. The molecule has 0 bridgehead atoms. The van der Waals surface area contributed by atoms with Gasteiger partial charge in [-0.15, -0.1) is 0 Å². The van der Waals surface area contributed by atoms with Gasteiger partial charge in [0.05, 0.1) is 0 Å². The van der Waals surface area contributed by atoms with E-state index < -0.39 is 0 Å². The van der Waals surface area contributed by atoms with Crippen LogP contribution in [0.1, 0.15) is 36.1 Å². The molecule has 0 aromatic heterocycles. The van der Waals surface area contributed by atoms with Crippen molar-refractivity contribution in [1.29, 1.82) is 0 Å². The number of fused-ring (bicyclic) bond motifs is 1. The van der Waals surface area contributed by atoms with Gasteiger partial charge in [0.25, 0.3) is 0 Å². The largest absolute Gasteiger partial charge is 0.309 e. The maximum absolute atomic E-state index is 3.71. The van der Waals surface area contributed by atoms with Crippen LogP contribution >= 0.6 is 11.8 Å². The molecule has 0 fully saturated rings. The van der Waals surface area contributed by atoms with Crippen LogP contribution in [0.2, 0.25) is 0 Å². The van der Waals surface area contributed by atoms with Gasteiger partial charge in [0.2, 0.25) is 0 Å². The number of hydrogen-bond acceptors (Lipinski definition) is 2. The van der Waals surface area contributed by atoms with Crippen molar-refractivity contribution in [2.45, 2.75) is 36.8 Å². The van der Waals surface area contributed by atoms with E-state index in [1.165, 1.54) is 29.5 Å². The van der Waals surface area contributed by atoms with E-state index in [1.807, 2.05) is 0 Å². The molecule has 0 heterocycles. The summed E-state index contributed by atoms with van der Waals surface area (Å²) in [6.45, 7) is 3.23. The minimum absolute atomic E-state index is 0.494. The second-order valence-corrected chi connectivity index (χ2v) is 6.84. The highest BCUT2D eigenvalue weighted by atomic mass is 32.2. The van der Waals surface area contributed by atoms with Crippen LogP contribution < -0.4 is 5.32 Å². The summed E-state index contributed by atoms with van der Waals surface area (Å²) in [4.78, 5) is 0. The molecular formula is C19H23NS. The standard InChI is InChI=1S/C19H23NS/c1-2-20-19-17-11-7-6-10-16(17)12-13-18(19)21-14-15-8-4-3-5-9-15/h3-11,18-20H,2,12-14H2,1H3. The fourth-order valence-corrected chi connectivity index (χ4v) is 4.47. The molecule has 3 rings (SSSR count). The maximum Gasteiger partial charge on any atom is 0.0443 e. The van der Waals surface area contributed by atoms with Crippen LogP contribution in [-0.4, -0.2) is 11.8 Å². The third-order valence-corrected chi connectivity index (χ3v) is 5.63. The molecule has 1 N–H and O–H groups in total. The maximum atomic E-state index is 3.71. The van der Waals surface area contributed by atoms with Crippen LogP contribution in [-0.2, 0) is 12.2 Å². The molecule has 2 aromatic carbocycles. The highest BCUT2D eigenvalue weighted by molar-refractivity contribution is 7.99. The van der Waals surface area contributed by atoms with Gasteiger partial charge in [0.1, 0.15) is 0 Å². The van der Waals surface area contributed by atoms with E-state index in [-0.39, 0.29) is 0 Å². The molecule has 2 unspecified atom stereocenters. The van der Waals surface area contributed by atoms with Crippen molar-refractivity contribution in [1.82, 2.24) is 5.32 Å². The zero-order valence-corrected chi connectivity index (χ0v) is 13.4. The summed E-state index contributed by atoms with van der Waals surface area (Å²) in [5.41, 5.74) is 4.47. The normalized spacial score (nSPS) is 21.0. The molecule has 2 aromatic rings. The molecule has 2 atom stereocenters. The van der Waals surface area contributed by atoms with Gasteiger partial charge >= 0.3 is 0 Å². The Kier molecular flexibility index (Phi) is 5.00. The summed E-state index contributed by atoms with van der Waals surface area (Å²) in [6, 6.07) is 20.2. The molecule has 21 heavy (non-hydrogen) atoms. The third-order valence-electron chi connectivity index (χ3n) is 4.19. The number of nitrogens with one attached hydrogen (secondary N) is 1. The third kappa shape index (κ3) is 3.50. The van der Waals surface area contributed by atoms with Crippen molar-refractivity contribution in [3.8, 4) is 0 Å². The van der Waals surface area contributed by atoms with Crippen molar-refractivity contribution in [2.75, 3.05) is 6.54 Å². The minimum Gasteiger partial charge on any atom is -0.309 e.